The first-order valence-corrected chi connectivity index (χ1v) is 5.84. The topological polar surface area (TPSA) is 38.8 Å². The lowest BCUT2D eigenvalue weighted by Crippen LogP contribution is -2.27. The number of hydrogen-bond donors (Lipinski definition) is 0. The van der Waals surface area contributed by atoms with E-state index in [1.54, 1.807) is 0 Å². The molecular formula is C13H15F2NO3. The Labute approximate surface area is 109 Å². The summed E-state index contributed by atoms with van der Waals surface area (Å²) in [5.74, 6) is -2.32. The van der Waals surface area contributed by atoms with Crippen molar-refractivity contribution in [3.05, 3.63) is 29.3 Å². The van der Waals surface area contributed by atoms with Crippen molar-refractivity contribution in [3.63, 3.8) is 0 Å². The Morgan fingerprint density at radius 3 is 2.53 bits per heavy atom. The molecule has 0 aliphatic heterocycles. The lowest BCUT2D eigenvalue weighted by Gasteiger charge is -2.14. The maximum absolute atomic E-state index is 13.8. The molecule has 0 unspecified atom stereocenters. The highest BCUT2D eigenvalue weighted by Crippen LogP contribution is 2.52. The molecule has 1 amide bonds. The summed E-state index contributed by atoms with van der Waals surface area (Å²) in [6, 6.07) is 2.06. The number of hydrogen-bond acceptors (Lipinski definition) is 3. The molecule has 0 heterocycles. The molecule has 0 saturated heterocycles. The molecule has 2 atom stereocenters. The minimum absolute atomic E-state index is 0.125. The van der Waals surface area contributed by atoms with Gasteiger partial charge in [0.05, 0.1) is 14.2 Å². The van der Waals surface area contributed by atoms with E-state index in [0.717, 1.165) is 17.2 Å². The third kappa shape index (κ3) is 2.40. The van der Waals surface area contributed by atoms with Crippen LogP contribution in [0, 0.1) is 17.6 Å². The number of methoxy groups -OCH3 is 1. The zero-order valence-corrected chi connectivity index (χ0v) is 10.9. The molecule has 19 heavy (non-hydrogen) atoms. The molecule has 0 N–H and O–H groups in total. The molecule has 0 radical (unpaired) electrons. The van der Waals surface area contributed by atoms with Crippen LogP contribution in [0.1, 0.15) is 17.9 Å². The Bertz CT molecular complexity index is 507. The number of amides is 1. The summed E-state index contributed by atoms with van der Waals surface area (Å²) in [7, 11) is 4.14. The molecule has 4 nitrogen and oxygen atoms in total. The van der Waals surface area contributed by atoms with Crippen LogP contribution >= 0.6 is 0 Å². The fraction of sp³-hybridized carbons (Fsp3) is 0.462. The fourth-order valence-electron chi connectivity index (χ4n) is 2.21. The summed E-state index contributed by atoms with van der Waals surface area (Å²) < 4.78 is 32.3. The van der Waals surface area contributed by atoms with Gasteiger partial charge in [0.1, 0.15) is 5.82 Å². The van der Waals surface area contributed by atoms with Gasteiger partial charge in [-0.2, -0.15) is 0 Å². The summed E-state index contributed by atoms with van der Waals surface area (Å²) in [4.78, 5) is 16.7. The molecule has 1 aliphatic rings. The van der Waals surface area contributed by atoms with Crippen molar-refractivity contribution in [2.75, 3.05) is 21.3 Å². The average molecular weight is 271 g/mol. The van der Waals surface area contributed by atoms with Crippen LogP contribution in [0.25, 0.3) is 0 Å². The summed E-state index contributed by atoms with van der Waals surface area (Å²) in [5.41, 5.74) is 0.130. The highest BCUT2D eigenvalue weighted by atomic mass is 19.1. The maximum Gasteiger partial charge on any atom is 0.249 e. The quantitative estimate of drug-likeness (QED) is 0.787. The molecule has 1 fully saturated rings. The van der Waals surface area contributed by atoms with Crippen molar-refractivity contribution in [1.82, 2.24) is 5.06 Å². The van der Waals surface area contributed by atoms with Crippen molar-refractivity contribution >= 4 is 5.91 Å². The van der Waals surface area contributed by atoms with Gasteiger partial charge in [-0.1, -0.05) is 0 Å². The molecule has 1 aromatic rings. The van der Waals surface area contributed by atoms with Crippen molar-refractivity contribution in [2.45, 2.75) is 12.3 Å². The van der Waals surface area contributed by atoms with Crippen LogP contribution < -0.4 is 4.74 Å². The van der Waals surface area contributed by atoms with Crippen LogP contribution in [0.2, 0.25) is 0 Å². The van der Waals surface area contributed by atoms with E-state index in [1.165, 1.54) is 21.3 Å². The summed E-state index contributed by atoms with van der Waals surface area (Å²) >= 11 is 0. The summed E-state index contributed by atoms with van der Waals surface area (Å²) in [5, 5.41) is 1.09. The van der Waals surface area contributed by atoms with Crippen LogP contribution in [0.15, 0.2) is 12.1 Å². The van der Waals surface area contributed by atoms with Crippen LogP contribution in [0.3, 0.4) is 0 Å². The zero-order valence-electron chi connectivity index (χ0n) is 10.9. The number of carbonyl (C=O) groups is 1. The van der Waals surface area contributed by atoms with Gasteiger partial charge < -0.3 is 4.74 Å². The predicted octanol–water partition coefficient (Wildman–Crippen LogP) is 2.10. The van der Waals surface area contributed by atoms with Gasteiger partial charge in [0.2, 0.25) is 5.91 Å². The van der Waals surface area contributed by atoms with Gasteiger partial charge in [-0.15, -0.1) is 0 Å². The van der Waals surface area contributed by atoms with Crippen LogP contribution in [-0.2, 0) is 9.63 Å². The Hall–Kier alpha value is -1.69. The highest BCUT2D eigenvalue weighted by Gasteiger charge is 2.48. The first kappa shape index (κ1) is 13.7. The van der Waals surface area contributed by atoms with Gasteiger partial charge in [-0.05, 0) is 18.6 Å². The van der Waals surface area contributed by atoms with Gasteiger partial charge >= 0.3 is 0 Å². The minimum Gasteiger partial charge on any atom is -0.493 e. The van der Waals surface area contributed by atoms with Gasteiger partial charge in [0.25, 0.3) is 0 Å². The lowest BCUT2D eigenvalue weighted by molar-refractivity contribution is -0.170. The van der Waals surface area contributed by atoms with Gasteiger partial charge in [-0.3, -0.25) is 9.63 Å². The maximum atomic E-state index is 13.8. The molecule has 0 spiro atoms. The van der Waals surface area contributed by atoms with E-state index in [1.807, 2.05) is 0 Å². The van der Waals surface area contributed by atoms with E-state index in [2.05, 4.69) is 0 Å². The first-order valence-electron chi connectivity index (χ1n) is 5.84. The van der Waals surface area contributed by atoms with Gasteiger partial charge in [0, 0.05) is 24.4 Å². The second-order valence-electron chi connectivity index (χ2n) is 4.44. The molecule has 1 aromatic carbocycles. The van der Waals surface area contributed by atoms with Crippen LogP contribution in [-0.4, -0.2) is 32.2 Å². The molecule has 104 valence electrons. The number of halogens is 2. The van der Waals surface area contributed by atoms with Gasteiger partial charge in [0.15, 0.2) is 11.6 Å². The lowest BCUT2D eigenvalue weighted by atomic mass is 10.1. The number of nitrogens with zero attached hydrogens (tertiary/aromatic N) is 1. The van der Waals surface area contributed by atoms with E-state index < -0.39 is 17.6 Å². The third-order valence-corrected chi connectivity index (χ3v) is 3.36. The van der Waals surface area contributed by atoms with E-state index in [9.17, 15) is 13.6 Å². The summed E-state index contributed by atoms with van der Waals surface area (Å²) in [6.45, 7) is 0. The van der Waals surface area contributed by atoms with Crippen LogP contribution in [0.4, 0.5) is 8.78 Å². The predicted molar refractivity (Wildman–Crippen MR) is 63.5 cm³/mol. The molecule has 6 heteroatoms. The second-order valence-corrected chi connectivity index (χ2v) is 4.44. The van der Waals surface area contributed by atoms with Gasteiger partial charge in [-0.25, -0.2) is 13.8 Å². The van der Waals surface area contributed by atoms with E-state index in [-0.39, 0.29) is 23.1 Å². The monoisotopic (exact) mass is 271 g/mol. The normalized spacial score (nSPS) is 21.1. The Kier molecular flexibility index (Phi) is 3.71. The first-order chi connectivity index (χ1) is 9.01. The number of rotatable bonds is 4. The Morgan fingerprint density at radius 1 is 1.32 bits per heavy atom. The smallest absolute Gasteiger partial charge is 0.249 e. The Balaban J connectivity index is 2.26. The summed E-state index contributed by atoms with van der Waals surface area (Å²) in [6.07, 6.45) is 0.462. The second kappa shape index (κ2) is 5.13. The van der Waals surface area contributed by atoms with E-state index in [4.69, 9.17) is 9.57 Å². The molecular weight excluding hydrogens is 256 g/mol. The zero-order chi connectivity index (χ0) is 14.2. The molecule has 1 aliphatic carbocycles. The molecule has 0 aromatic heterocycles. The van der Waals surface area contributed by atoms with Crippen molar-refractivity contribution in [3.8, 4) is 5.75 Å². The SMILES string of the molecule is COc1c(F)ccc(F)c1[C@@H]1C[C@H]1C(=O)N(C)OC. The minimum atomic E-state index is -0.628. The molecule has 0 bridgehead atoms. The fourth-order valence-corrected chi connectivity index (χ4v) is 2.21. The number of carbonyl (C=O) groups excluding carboxylic acids is 1. The average Bonchev–Trinajstić information content (AvgIpc) is 3.19. The number of benzene rings is 1. The largest absolute Gasteiger partial charge is 0.493 e. The Morgan fingerprint density at radius 2 is 1.95 bits per heavy atom. The molecule has 2 rings (SSSR count). The standard InChI is InChI=1S/C13H15F2NO3/c1-16(19-3)13(17)8-6-7(8)11-9(14)4-5-10(15)12(11)18-2/h4-5,7-8H,6H2,1-3H3/t7-,8-/m1/s1. The van der Waals surface area contributed by atoms with E-state index in [0.29, 0.717) is 6.42 Å². The molecule has 1 saturated carbocycles. The van der Waals surface area contributed by atoms with E-state index >= 15 is 0 Å². The van der Waals surface area contributed by atoms with Crippen molar-refractivity contribution in [1.29, 1.82) is 0 Å². The highest BCUT2D eigenvalue weighted by molar-refractivity contribution is 5.82. The van der Waals surface area contributed by atoms with Crippen molar-refractivity contribution in [2.24, 2.45) is 5.92 Å². The van der Waals surface area contributed by atoms with Crippen LogP contribution in [0.5, 0.6) is 5.75 Å². The van der Waals surface area contributed by atoms with Crippen molar-refractivity contribution < 1.29 is 23.1 Å². The number of ether oxygens (including phenoxy) is 1. The third-order valence-electron chi connectivity index (χ3n) is 3.36. The number of hydroxylamine groups is 2.